The summed E-state index contributed by atoms with van der Waals surface area (Å²) in [5.74, 6) is -0.409. The van der Waals surface area contributed by atoms with Gasteiger partial charge in [0.15, 0.2) is 0 Å². The van der Waals surface area contributed by atoms with E-state index < -0.39 is 0 Å². The van der Waals surface area contributed by atoms with E-state index in [-0.39, 0.29) is 24.3 Å². The predicted octanol–water partition coefficient (Wildman–Crippen LogP) is 3.13. The molecule has 0 spiro atoms. The molecule has 0 saturated heterocycles. The van der Waals surface area contributed by atoms with Gasteiger partial charge in [-0.25, -0.2) is 9.18 Å². The summed E-state index contributed by atoms with van der Waals surface area (Å²) in [6.07, 6.45) is 0. The number of benzene rings is 2. The maximum absolute atomic E-state index is 13.0. The zero-order valence-electron chi connectivity index (χ0n) is 13.0. The molecule has 3 amide bonds. The molecule has 0 aliphatic heterocycles. The minimum atomic E-state index is -0.387. The van der Waals surface area contributed by atoms with Gasteiger partial charge in [-0.05, 0) is 42.0 Å². The Morgan fingerprint density at radius 1 is 1.13 bits per heavy atom. The zero-order valence-corrected chi connectivity index (χ0v) is 13.0. The van der Waals surface area contributed by atoms with Gasteiger partial charge in [-0.3, -0.25) is 4.79 Å². The van der Waals surface area contributed by atoms with Crippen LogP contribution in [-0.2, 0) is 11.3 Å². The van der Waals surface area contributed by atoms with Crippen molar-refractivity contribution in [2.24, 2.45) is 0 Å². The van der Waals surface area contributed by atoms with Gasteiger partial charge in [0.1, 0.15) is 5.82 Å². The van der Waals surface area contributed by atoms with Crippen molar-refractivity contribution >= 4 is 23.3 Å². The third kappa shape index (κ3) is 4.81. The van der Waals surface area contributed by atoms with E-state index in [9.17, 15) is 14.0 Å². The Labute approximate surface area is 134 Å². The highest BCUT2D eigenvalue weighted by atomic mass is 19.1. The molecule has 6 heteroatoms. The smallest absolute Gasteiger partial charge is 0.319 e. The molecular weight excluding hydrogens is 297 g/mol. The molecule has 0 aliphatic rings. The number of nitrogens with one attached hydrogen (secondary N) is 2. The van der Waals surface area contributed by atoms with Gasteiger partial charge >= 0.3 is 6.03 Å². The van der Waals surface area contributed by atoms with Gasteiger partial charge in [0.25, 0.3) is 0 Å². The quantitative estimate of drug-likeness (QED) is 0.910. The van der Waals surface area contributed by atoms with Crippen LogP contribution in [0.4, 0.5) is 20.6 Å². The third-order valence-corrected chi connectivity index (χ3v) is 3.33. The van der Waals surface area contributed by atoms with E-state index in [0.717, 1.165) is 5.69 Å². The first-order valence-corrected chi connectivity index (χ1v) is 7.09. The molecule has 2 N–H and O–H groups in total. The van der Waals surface area contributed by atoms with Crippen LogP contribution in [0.5, 0.6) is 0 Å². The van der Waals surface area contributed by atoms with Crippen LogP contribution in [0.15, 0.2) is 48.5 Å². The normalized spacial score (nSPS) is 10.0. The number of hydrogen-bond donors (Lipinski definition) is 2. The van der Waals surface area contributed by atoms with Crippen molar-refractivity contribution in [3.63, 3.8) is 0 Å². The Hall–Kier alpha value is -2.89. The van der Waals surface area contributed by atoms with Crippen LogP contribution in [0.1, 0.15) is 12.5 Å². The lowest BCUT2D eigenvalue weighted by molar-refractivity contribution is -0.116. The molecule has 2 aromatic rings. The Balaban J connectivity index is 1.89. The summed E-state index contributed by atoms with van der Waals surface area (Å²) in [7, 11) is 1.68. The summed E-state index contributed by atoms with van der Waals surface area (Å²) in [5, 5.41) is 5.32. The van der Waals surface area contributed by atoms with Crippen LogP contribution in [0.3, 0.4) is 0 Å². The second kappa shape index (κ2) is 7.40. The Bertz CT molecular complexity index is 701. The summed E-state index contributed by atoms with van der Waals surface area (Å²) in [6, 6.07) is 12.5. The fourth-order valence-electron chi connectivity index (χ4n) is 1.95. The minimum absolute atomic E-state index is 0.0708. The van der Waals surface area contributed by atoms with Gasteiger partial charge in [-0.15, -0.1) is 0 Å². The SMILES string of the molecule is CC(=O)N(C)c1ccc(NC(=O)NCc2cccc(F)c2)cc1. The zero-order chi connectivity index (χ0) is 16.8. The molecule has 120 valence electrons. The number of halogens is 1. The molecular formula is C17H18FN3O2. The molecule has 0 radical (unpaired) electrons. The number of anilines is 2. The summed E-state index contributed by atoms with van der Waals surface area (Å²) < 4.78 is 13.0. The summed E-state index contributed by atoms with van der Waals surface area (Å²) in [4.78, 5) is 24.6. The van der Waals surface area contributed by atoms with Crippen molar-refractivity contribution in [1.29, 1.82) is 0 Å². The van der Waals surface area contributed by atoms with Crippen molar-refractivity contribution in [2.75, 3.05) is 17.3 Å². The predicted molar refractivity (Wildman–Crippen MR) is 87.8 cm³/mol. The summed E-state index contributed by atoms with van der Waals surface area (Å²) >= 11 is 0. The molecule has 0 aromatic heterocycles. The van der Waals surface area contributed by atoms with E-state index in [1.807, 2.05) is 0 Å². The van der Waals surface area contributed by atoms with Gasteiger partial charge in [0.2, 0.25) is 5.91 Å². The highest BCUT2D eigenvalue weighted by Gasteiger charge is 2.06. The number of amides is 3. The number of carbonyl (C=O) groups excluding carboxylic acids is 2. The number of urea groups is 1. The number of nitrogens with zero attached hydrogens (tertiary/aromatic N) is 1. The fraction of sp³-hybridized carbons (Fsp3) is 0.176. The van der Waals surface area contributed by atoms with Gasteiger partial charge in [-0.1, -0.05) is 12.1 Å². The van der Waals surface area contributed by atoms with Crippen molar-refractivity contribution in [1.82, 2.24) is 5.32 Å². The van der Waals surface area contributed by atoms with E-state index in [1.54, 1.807) is 43.4 Å². The lowest BCUT2D eigenvalue weighted by atomic mass is 10.2. The molecule has 0 fully saturated rings. The molecule has 0 unspecified atom stereocenters. The second-order valence-electron chi connectivity index (χ2n) is 5.06. The first-order chi connectivity index (χ1) is 11.0. The Morgan fingerprint density at radius 3 is 2.43 bits per heavy atom. The molecule has 0 heterocycles. The van der Waals surface area contributed by atoms with Crippen molar-refractivity contribution in [3.8, 4) is 0 Å². The fourth-order valence-corrected chi connectivity index (χ4v) is 1.95. The van der Waals surface area contributed by atoms with E-state index >= 15 is 0 Å². The van der Waals surface area contributed by atoms with Crippen LogP contribution in [0, 0.1) is 5.82 Å². The maximum Gasteiger partial charge on any atom is 0.319 e. The lowest BCUT2D eigenvalue weighted by Crippen LogP contribution is -2.28. The average molecular weight is 315 g/mol. The molecule has 0 atom stereocenters. The summed E-state index contributed by atoms with van der Waals surface area (Å²) in [6.45, 7) is 1.71. The highest BCUT2D eigenvalue weighted by Crippen LogP contribution is 2.16. The van der Waals surface area contributed by atoms with Crippen molar-refractivity contribution in [2.45, 2.75) is 13.5 Å². The topological polar surface area (TPSA) is 61.4 Å². The molecule has 23 heavy (non-hydrogen) atoms. The van der Waals surface area contributed by atoms with Crippen molar-refractivity contribution < 1.29 is 14.0 Å². The third-order valence-electron chi connectivity index (χ3n) is 3.33. The van der Waals surface area contributed by atoms with Gasteiger partial charge in [-0.2, -0.15) is 0 Å². The monoisotopic (exact) mass is 315 g/mol. The standard InChI is InChI=1S/C17H18FN3O2/c1-12(22)21(2)16-8-6-15(7-9-16)20-17(23)19-11-13-4-3-5-14(18)10-13/h3-10H,11H2,1-2H3,(H2,19,20,23). The van der Waals surface area contributed by atoms with Crippen LogP contribution >= 0.6 is 0 Å². The summed E-state index contributed by atoms with van der Waals surface area (Å²) in [5.41, 5.74) is 2.02. The average Bonchev–Trinajstić information content (AvgIpc) is 2.53. The largest absolute Gasteiger partial charge is 0.334 e. The van der Waals surface area contributed by atoms with E-state index in [1.165, 1.54) is 24.0 Å². The minimum Gasteiger partial charge on any atom is -0.334 e. The molecule has 0 bridgehead atoms. The first kappa shape index (κ1) is 16.5. The first-order valence-electron chi connectivity index (χ1n) is 7.09. The van der Waals surface area contributed by atoms with Crippen molar-refractivity contribution in [3.05, 3.63) is 59.9 Å². The molecule has 0 aliphatic carbocycles. The van der Waals surface area contributed by atoms with E-state index in [2.05, 4.69) is 10.6 Å². The number of carbonyl (C=O) groups is 2. The number of hydrogen-bond acceptors (Lipinski definition) is 2. The molecule has 0 saturated carbocycles. The van der Waals surface area contributed by atoms with Gasteiger partial charge in [0, 0.05) is 31.9 Å². The molecule has 2 aromatic carbocycles. The van der Waals surface area contributed by atoms with Crippen LogP contribution in [-0.4, -0.2) is 19.0 Å². The highest BCUT2D eigenvalue weighted by molar-refractivity contribution is 5.92. The van der Waals surface area contributed by atoms with Crippen LogP contribution < -0.4 is 15.5 Å². The molecule has 2 rings (SSSR count). The molecule has 5 nitrogen and oxygen atoms in total. The Morgan fingerprint density at radius 2 is 1.83 bits per heavy atom. The second-order valence-corrected chi connectivity index (χ2v) is 5.06. The van der Waals surface area contributed by atoms with Gasteiger partial charge < -0.3 is 15.5 Å². The number of rotatable bonds is 4. The van der Waals surface area contributed by atoms with E-state index in [0.29, 0.717) is 11.3 Å². The maximum atomic E-state index is 13.0. The lowest BCUT2D eigenvalue weighted by Gasteiger charge is -2.15. The van der Waals surface area contributed by atoms with Crippen LogP contribution in [0.2, 0.25) is 0 Å². The van der Waals surface area contributed by atoms with Crippen LogP contribution in [0.25, 0.3) is 0 Å². The van der Waals surface area contributed by atoms with Gasteiger partial charge in [0.05, 0.1) is 0 Å². The Kier molecular flexibility index (Phi) is 5.30. The van der Waals surface area contributed by atoms with E-state index in [4.69, 9.17) is 0 Å².